The molecule has 0 aromatic heterocycles. The smallest absolute Gasteiger partial charge is 0.146 e. The Morgan fingerprint density at radius 3 is 1.80 bits per heavy atom. The molecule has 3 fully saturated rings. The van der Waals surface area contributed by atoms with Gasteiger partial charge in [-0.05, 0) is 82.1 Å². The van der Waals surface area contributed by atoms with Crippen molar-refractivity contribution >= 4 is 23.5 Å². The maximum Gasteiger partial charge on any atom is 0.146 e. The van der Waals surface area contributed by atoms with E-state index >= 15 is 0 Å². The molecule has 0 amide bonds. The summed E-state index contributed by atoms with van der Waals surface area (Å²) in [5.41, 5.74) is 1.17. The minimum atomic E-state index is -2.81. The number of hydrogen-bond acceptors (Lipinski definition) is 5. The van der Waals surface area contributed by atoms with Crippen molar-refractivity contribution in [1.29, 1.82) is 0 Å². The van der Waals surface area contributed by atoms with Crippen LogP contribution in [-0.2, 0) is 238 Å². The fourth-order valence-electron chi connectivity index (χ4n) is 7.65. The van der Waals surface area contributed by atoms with Crippen LogP contribution in [0.2, 0.25) is 0 Å². The molecule has 0 saturated heterocycles. The fraction of sp³-hybridized carbons (Fsp3) is 0.553. The maximum absolute atomic E-state index is 13.9. The molecule has 3 aliphatic rings. The van der Waals surface area contributed by atoms with Gasteiger partial charge in [-0.25, -0.2) is 0 Å². The van der Waals surface area contributed by atoms with Gasteiger partial charge >= 0.3 is 0 Å². The van der Waals surface area contributed by atoms with E-state index in [1.807, 2.05) is 80.6 Å². The number of rotatable bonds is 9. The Labute approximate surface area is 484 Å². The van der Waals surface area contributed by atoms with Gasteiger partial charge in [-0.3, -0.25) is 4.79 Å². The standard InChI is InChI=1S/C21H23O3P.C17H30O2.7Y/c1-16-20(22)14-17(15-21(16)23)12-13-25(24,18-8-4-2-5-9-18)19-10-6-3-7-11-19;1-16(2,19)11-5-4-7-13-9-10-14-15(18)8-6-12-17(13,14)3;;;;;;;/h2-12,20-23H,1,13-15H2;13-14,19H,4-12H2,1-3H3;;;;;;;/t20-,21-;13-,14-,17+;;;;;;;/m10......./s1. The normalized spacial score (nSPS) is 23.6. The molecular formula is C38H53O5PY7. The second kappa shape index (κ2) is 30.5. The van der Waals surface area contributed by atoms with Crippen LogP contribution >= 0.6 is 7.14 Å². The zero-order valence-corrected chi connectivity index (χ0v) is 51.8. The van der Waals surface area contributed by atoms with E-state index in [2.05, 4.69) is 13.5 Å². The molecule has 2 aromatic carbocycles. The summed E-state index contributed by atoms with van der Waals surface area (Å²) in [5, 5.41) is 31.4. The molecule has 0 bridgehead atoms. The van der Waals surface area contributed by atoms with Gasteiger partial charge in [-0.15, -0.1) is 0 Å². The molecule has 3 N–H and O–H groups in total. The van der Waals surface area contributed by atoms with Crippen molar-refractivity contribution in [2.75, 3.05) is 6.16 Å². The Morgan fingerprint density at radius 1 is 0.843 bits per heavy atom. The largest absolute Gasteiger partial charge is 0.390 e. The Bertz CT molecular complexity index is 1300. The van der Waals surface area contributed by atoms with Crippen LogP contribution in [0.25, 0.3) is 0 Å². The Hall–Kier alpha value is 5.43. The molecule has 51 heavy (non-hydrogen) atoms. The van der Waals surface area contributed by atoms with Crippen LogP contribution < -0.4 is 10.6 Å². The second-order valence-corrected chi connectivity index (χ2v) is 17.1. The molecule has 0 heterocycles. The van der Waals surface area contributed by atoms with Crippen molar-refractivity contribution in [1.82, 2.24) is 0 Å². The van der Waals surface area contributed by atoms with Crippen LogP contribution in [0.3, 0.4) is 0 Å². The Kier molecular flexibility index (Phi) is 37.7. The van der Waals surface area contributed by atoms with Crippen molar-refractivity contribution in [3.63, 3.8) is 0 Å². The van der Waals surface area contributed by atoms with Gasteiger partial charge in [0.25, 0.3) is 0 Å². The summed E-state index contributed by atoms with van der Waals surface area (Å²) in [6.45, 7) is 9.87. The zero-order valence-electron chi connectivity index (χ0n) is 31.0. The number of fused-ring (bicyclic) bond motifs is 1. The van der Waals surface area contributed by atoms with Gasteiger partial charge in [-0.1, -0.05) is 98.7 Å². The van der Waals surface area contributed by atoms with E-state index in [-0.39, 0.29) is 229 Å². The van der Waals surface area contributed by atoms with Gasteiger partial charge in [-0.2, -0.15) is 0 Å². The molecule has 3 saturated carbocycles. The zero-order chi connectivity index (χ0) is 32.0. The van der Waals surface area contributed by atoms with Crippen molar-refractivity contribution in [3.8, 4) is 0 Å². The van der Waals surface area contributed by atoms with E-state index in [9.17, 15) is 24.7 Å². The first-order valence-electron chi connectivity index (χ1n) is 16.5. The number of ketones is 1. The summed E-state index contributed by atoms with van der Waals surface area (Å²) in [6.07, 6.45) is 11.7. The number of aliphatic hydroxyl groups is 3. The van der Waals surface area contributed by atoms with E-state index in [0.29, 0.717) is 41.7 Å². The van der Waals surface area contributed by atoms with Gasteiger partial charge in [0.15, 0.2) is 0 Å². The third-order valence-electron chi connectivity index (χ3n) is 10.4. The van der Waals surface area contributed by atoms with Crippen molar-refractivity contribution < 1.29 is 254 Å². The number of aliphatic hydroxyl groups excluding tert-OH is 2. The van der Waals surface area contributed by atoms with Crippen LogP contribution in [0.1, 0.15) is 91.4 Å². The molecule has 261 valence electrons. The molecule has 0 aliphatic heterocycles. The number of hydrogen-bond donors (Lipinski definition) is 3. The van der Waals surface area contributed by atoms with Crippen LogP contribution in [0.5, 0.6) is 0 Å². The molecule has 7 radical (unpaired) electrons. The van der Waals surface area contributed by atoms with E-state index in [0.717, 1.165) is 54.2 Å². The van der Waals surface area contributed by atoms with Crippen molar-refractivity contribution in [2.45, 2.75) is 109 Å². The first kappa shape index (κ1) is 63.1. The minimum absolute atomic E-state index is 0. The molecule has 13 heteroatoms. The fourth-order valence-corrected chi connectivity index (χ4v) is 10.2. The quantitative estimate of drug-likeness (QED) is 0.142. The minimum Gasteiger partial charge on any atom is -0.390 e. The number of carbonyl (C=O) groups is 1. The predicted octanol–water partition coefficient (Wildman–Crippen LogP) is 7.08. The third kappa shape index (κ3) is 18.9. The number of allylic oxidation sites excluding steroid dienone is 1. The molecule has 3 aliphatic carbocycles. The van der Waals surface area contributed by atoms with Crippen LogP contribution in [0.15, 0.2) is 84.5 Å². The first-order valence-corrected chi connectivity index (χ1v) is 18.4. The second-order valence-electron chi connectivity index (χ2n) is 14.2. The summed E-state index contributed by atoms with van der Waals surface area (Å²) in [5.74, 6) is 1.64. The Morgan fingerprint density at radius 2 is 1.33 bits per heavy atom. The summed E-state index contributed by atoms with van der Waals surface area (Å²) < 4.78 is 13.9. The molecule has 2 aromatic rings. The number of benzene rings is 2. The SMILES string of the molecule is C=C1[C@H](O)CC(=CCP(=O)(c2ccccc2)c2ccccc2)C[C@H]1O.CC(C)(O)CCCC[C@H]1CC[C@H]2C(=O)CCC[C@]12C.[Y].[Y].[Y].[Y].[Y].[Y].[Y]. The third-order valence-corrected chi connectivity index (χ3v) is 13.4. The number of Topliss-reactive ketones (excluding diaryl/α,β-unsaturated/α-hetero) is 1. The average Bonchev–Trinajstić information content (AvgIpc) is 3.34. The molecule has 5 nitrogen and oxygen atoms in total. The van der Waals surface area contributed by atoms with Gasteiger partial charge in [0.05, 0.1) is 17.8 Å². The molecular weight excluding hydrogens is 1190 g/mol. The average molecular weight is 1240 g/mol. The van der Waals surface area contributed by atoms with Crippen LogP contribution in [-0.4, -0.2) is 45.1 Å². The van der Waals surface area contributed by atoms with E-state index < -0.39 is 25.0 Å². The monoisotopic (exact) mass is 1240 g/mol. The van der Waals surface area contributed by atoms with E-state index in [1.54, 1.807) is 0 Å². The summed E-state index contributed by atoms with van der Waals surface area (Å²) in [6, 6.07) is 19.0. The van der Waals surface area contributed by atoms with Crippen LogP contribution in [0.4, 0.5) is 0 Å². The summed E-state index contributed by atoms with van der Waals surface area (Å²) in [7, 11) is -2.81. The van der Waals surface area contributed by atoms with E-state index in [4.69, 9.17) is 0 Å². The van der Waals surface area contributed by atoms with Crippen molar-refractivity contribution in [3.05, 3.63) is 84.5 Å². The molecule has 5 atom stereocenters. The van der Waals surface area contributed by atoms with Crippen LogP contribution in [0, 0.1) is 17.3 Å². The Balaban J connectivity index is -0.000000391. The number of unbranched alkanes of at least 4 members (excludes halogenated alkanes) is 1. The summed E-state index contributed by atoms with van der Waals surface area (Å²) in [4.78, 5) is 12.1. The van der Waals surface area contributed by atoms with E-state index in [1.165, 1.54) is 25.7 Å². The topological polar surface area (TPSA) is 94.8 Å². The first-order chi connectivity index (χ1) is 20.8. The van der Waals surface area contributed by atoms with Gasteiger partial charge in [0, 0.05) is 258 Å². The van der Waals surface area contributed by atoms with Crippen molar-refractivity contribution in [2.24, 2.45) is 17.3 Å². The van der Waals surface area contributed by atoms with Gasteiger partial charge < -0.3 is 19.9 Å². The maximum atomic E-state index is 13.9. The summed E-state index contributed by atoms with van der Waals surface area (Å²) >= 11 is 0. The molecule has 0 spiro atoms. The number of carbonyl (C=O) groups excluding carboxylic acids is 1. The predicted molar refractivity (Wildman–Crippen MR) is 181 cm³/mol. The molecule has 0 unspecified atom stereocenters. The van der Waals surface area contributed by atoms with Gasteiger partial charge in [0.1, 0.15) is 12.9 Å². The van der Waals surface area contributed by atoms with Gasteiger partial charge in [0.2, 0.25) is 0 Å². The molecule has 5 rings (SSSR count).